The molecule has 0 aromatic rings. The van der Waals surface area contributed by atoms with Crippen molar-refractivity contribution in [3.05, 3.63) is 11.1 Å². The Morgan fingerprint density at radius 2 is 2.00 bits per heavy atom. The monoisotopic (exact) mass is 443 g/mol. The Kier molecular flexibility index (Phi) is 6.48. The third kappa shape index (κ3) is 4.19. The molecular formula is C28H45NO3. The van der Waals surface area contributed by atoms with Gasteiger partial charge in [0.15, 0.2) is 0 Å². The minimum atomic E-state index is -0.107. The highest BCUT2D eigenvalue weighted by molar-refractivity contribution is 5.66. The molecule has 2 heterocycles. The molecule has 4 heteroatoms. The van der Waals surface area contributed by atoms with Gasteiger partial charge in [0.2, 0.25) is 0 Å². The summed E-state index contributed by atoms with van der Waals surface area (Å²) in [6, 6.07) is 0.544. The van der Waals surface area contributed by atoms with E-state index >= 15 is 0 Å². The van der Waals surface area contributed by atoms with Crippen molar-refractivity contribution < 1.29 is 14.3 Å². The van der Waals surface area contributed by atoms with E-state index in [9.17, 15) is 4.79 Å². The number of ether oxygens (including phenoxy) is 2. The normalized spacial score (nSPS) is 49.2. The minimum Gasteiger partial charge on any atom is -0.463 e. The molecular weight excluding hydrogens is 398 g/mol. The molecule has 5 rings (SSSR count). The lowest BCUT2D eigenvalue weighted by Crippen LogP contribution is -2.49. The average Bonchev–Trinajstić information content (AvgIpc) is 3.13. The van der Waals surface area contributed by atoms with Gasteiger partial charge >= 0.3 is 5.97 Å². The van der Waals surface area contributed by atoms with E-state index in [2.05, 4.69) is 26.1 Å². The van der Waals surface area contributed by atoms with Crippen LogP contribution in [0.5, 0.6) is 0 Å². The molecule has 4 nitrogen and oxygen atoms in total. The number of rotatable bonds is 1. The molecule has 180 valence electrons. The molecule has 32 heavy (non-hydrogen) atoms. The number of allylic oxidation sites excluding steroid dienone is 1. The van der Waals surface area contributed by atoms with Crippen LogP contribution < -0.4 is 5.32 Å². The highest BCUT2D eigenvalue weighted by Gasteiger charge is 2.56. The van der Waals surface area contributed by atoms with E-state index in [1.165, 1.54) is 56.9 Å². The molecule has 3 aliphatic carbocycles. The smallest absolute Gasteiger partial charge is 0.302 e. The summed E-state index contributed by atoms with van der Waals surface area (Å²) in [4.78, 5) is 11.5. The van der Waals surface area contributed by atoms with Crippen molar-refractivity contribution in [2.45, 2.75) is 110 Å². The first-order chi connectivity index (χ1) is 15.3. The Balaban J connectivity index is 1.34. The maximum atomic E-state index is 11.5. The molecule has 5 aliphatic rings. The van der Waals surface area contributed by atoms with E-state index in [0.717, 1.165) is 43.7 Å². The maximum absolute atomic E-state index is 11.5. The van der Waals surface area contributed by atoms with Gasteiger partial charge in [-0.15, -0.1) is 0 Å². The number of esters is 1. The number of carbonyl (C=O) groups is 1. The number of hydrogen-bond donors (Lipinski definition) is 1. The molecule has 1 saturated heterocycles. The highest BCUT2D eigenvalue weighted by atomic mass is 16.5. The third-order valence-corrected chi connectivity index (χ3v) is 10.3. The van der Waals surface area contributed by atoms with E-state index in [4.69, 9.17) is 9.47 Å². The zero-order chi connectivity index (χ0) is 22.5. The van der Waals surface area contributed by atoms with Gasteiger partial charge in [-0.2, -0.15) is 0 Å². The predicted molar refractivity (Wildman–Crippen MR) is 127 cm³/mol. The molecule has 0 unspecified atom stereocenters. The minimum absolute atomic E-state index is 0.107. The molecule has 0 amide bonds. The van der Waals surface area contributed by atoms with Gasteiger partial charge in [-0.05, 0) is 112 Å². The van der Waals surface area contributed by atoms with Gasteiger partial charge in [0.1, 0.15) is 6.10 Å². The summed E-state index contributed by atoms with van der Waals surface area (Å²) in [6.07, 6.45) is 13.0. The Hall–Kier alpha value is -0.870. The quantitative estimate of drug-likeness (QED) is 0.420. The van der Waals surface area contributed by atoms with Gasteiger partial charge in [-0.1, -0.05) is 25.8 Å². The van der Waals surface area contributed by atoms with Crippen molar-refractivity contribution in [3.8, 4) is 0 Å². The summed E-state index contributed by atoms with van der Waals surface area (Å²) in [5.74, 6) is 3.74. The molecule has 1 N–H and O–H groups in total. The van der Waals surface area contributed by atoms with Crippen molar-refractivity contribution in [1.82, 2.24) is 5.32 Å². The zero-order valence-electron chi connectivity index (χ0n) is 20.8. The summed E-state index contributed by atoms with van der Waals surface area (Å²) in [5, 5.41) is 3.80. The number of nitrogens with one attached hydrogen (secondary N) is 1. The topological polar surface area (TPSA) is 47.6 Å². The van der Waals surface area contributed by atoms with Crippen LogP contribution in [0.4, 0.5) is 0 Å². The maximum Gasteiger partial charge on any atom is 0.302 e. The van der Waals surface area contributed by atoms with Crippen LogP contribution >= 0.6 is 0 Å². The fourth-order valence-electron chi connectivity index (χ4n) is 8.62. The zero-order valence-corrected chi connectivity index (χ0v) is 20.8. The van der Waals surface area contributed by atoms with Gasteiger partial charge < -0.3 is 14.8 Å². The third-order valence-electron chi connectivity index (χ3n) is 10.3. The summed E-state index contributed by atoms with van der Waals surface area (Å²) in [7, 11) is 0. The average molecular weight is 444 g/mol. The fraction of sp³-hybridized carbons (Fsp3) is 0.893. The van der Waals surface area contributed by atoms with Crippen LogP contribution in [-0.4, -0.2) is 37.4 Å². The van der Waals surface area contributed by atoms with E-state index in [1.54, 1.807) is 12.5 Å². The van der Waals surface area contributed by atoms with Crippen LogP contribution in [0.1, 0.15) is 91.9 Å². The van der Waals surface area contributed by atoms with Crippen molar-refractivity contribution in [2.24, 2.45) is 35.0 Å². The lowest BCUT2D eigenvalue weighted by Gasteiger charge is -2.53. The second kappa shape index (κ2) is 9.06. The van der Waals surface area contributed by atoms with Crippen molar-refractivity contribution >= 4 is 5.97 Å². The van der Waals surface area contributed by atoms with Crippen molar-refractivity contribution in [2.75, 3.05) is 13.2 Å². The van der Waals surface area contributed by atoms with Gasteiger partial charge in [-0.3, -0.25) is 4.79 Å². The molecule has 2 aliphatic heterocycles. The van der Waals surface area contributed by atoms with E-state index in [0.29, 0.717) is 29.4 Å². The van der Waals surface area contributed by atoms with Crippen LogP contribution in [0.3, 0.4) is 0 Å². The SMILES string of the molecule is CC(=O)O[C@H]1CC[C@@]2(C)[C@H](CC[C@H]3[C@@H]4CCC[C@@H]5NC[C@@H](C)C[C@H]5OC/C(C)=C\4C[C@@H]32)C1. The van der Waals surface area contributed by atoms with Crippen molar-refractivity contribution in [1.29, 1.82) is 0 Å². The van der Waals surface area contributed by atoms with Crippen LogP contribution in [0.2, 0.25) is 0 Å². The number of hydrogen-bond acceptors (Lipinski definition) is 4. The van der Waals surface area contributed by atoms with Crippen LogP contribution in [0.15, 0.2) is 11.1 Å². The summed E-state index contributed by atoms with van der Waals surface area (Å²) >= 11 is 0. The fourth-order valence-corrected chi connectivity index (χ4v) is 8.62. The lowest BCUT2D eigenvalue weighted by molar-refractivity contribution is -0.154. The molecule has 0 radical (unpaired) electrons. The summed E-state index contributed by atoms with van der Waals surface area (Å²) in [5.41, 5.74) is 3.71. The Bertz CT molecular complexity index is 747. The molecule has 9 atom stereocenters. The van der Waals surface area contributed by atoms with Crippen molar-refractivity contribution in [3.63, 3.8) is 0 Å². The van der Waals surface area contributed by atoms with E-state index in [-0.39, 0.29) is 12.1 Å². The second-order valence-corrected chi connectivity index (χ2v) is 12.3. The predicted octanol–water partition coefficient (Wildman–Crippen LogP) is 5.65. The second-order valence-electron chi connectivity index (χ2n) is 12.3. The van der Waals surface area contributed by atoms with Gasteiger partial charge in [0.05, 0.1) is 12.7 Å². The van der Waals surface area contributed by atoms with Crippen LogP contribution in [0, 0.1) is 35.0 Å². The Morgan fingerprint density at radius 3 is 2.81 bits per heavy atom. The number of fused-ring (bicyclic) bond motifs is 6. The first kappa shape index (κ1) is 22.9. The standard InChI is InChI=1S/C28H45NO3/c1-17-12-27-26(29-15-17)7-5-6-22-23-9-8-20-13-21(32-19(3)30)10-11-28(20,4)25(23)14-24(22)18(2)16-31-27/h17,20-23,25-27,29H,5-16H2,1-4H3/b24-18-/t17-,20+,21-,22-,23-,25-,26-,27+,28-/m0/s1. The molecule has 4 fully saturated rings. The van der Waals surface area contributed by atoms with Gasteiger partial charge in [0, 0.05) is 13.0 Å². The Morgan fingerprint density at radius 1 is 1.16 bits per heavy atom. The van der Waals surface area contributed by atoms with E-state index in [1.807, 2.05) is 0 Å². The number of carbonyl (C=O) groups excluding carboxylic acids is 1. The molecule has 3 saturated carbocycles. The summed E-state index contributed by atoms with van der Waals surface area (Å²) < 4.78 is 12.2. The molecule has 0 aromatic heterocycles. The first-order valence-corrected chi connectivity index (χ1v) is 13.6. The van der Waals surface area contributed by atoms with E-state index < -0.39 is 0 Å². The van der Waals surface area contributed by atoms with Gasteiger partial charge in [0.25, 0.3) is 0 Å². The first-order valence-electron chi connectivity index (χ1n) is 13.6. The highest BCUT2D eigenvalue weighted by Crippen LogP contribution is 2.63. The number of piperidine rings is 1. The largest absolute Gasteiger partial charge is 0.463 e. The van der Waals surface area contributed by atoms with Crippen LogP contribution in [-0.2, 0) is 14.3 Å². The summed E-state index contributed by atoms with van der Waals surface area (Å²) in [6.45, 7) is 10.8. The molecule has 0 spiro atoms. The molecule has 0 bridgehead atoms. The van der Waals surface area contributed by atoms with Gasteiger partial charge in [-0.25, -0.2) is 0 Å². The Labute approximate surface area is 195 Å². The lowest BCUT2D eigenvalue weighted by atomic mass is 9.52. The molecule has 0 aromatic carbocycles. The van der Waals surface area contributed by atoms with Crippen LogP contribution in [0.25, 0.3) is 0 Å².